The van der Waals surface area contributed by atoms with Gasteiger partial charge in [0.1, 0.15) is 5.75 Å². The van der Waals surface area contributed by atoms with E-state index in [1.807, 2.05) is 49.7 Å². The zero-order valence-electron chi connectivity index (χ0n) is 16.7. The summed E-state index contributed by atoms with van der Waals surface area (Å²) in [5, 5.41) is 8.79. The lowest BCUT2D eigenvalue weighted by Crippen LogP contribution is -2.06. The van der Waals surface area contributed by atoms with Crippen LogP contribution >= 0.6 is 15.9 Å². The van der Waals surface area contributed by atoms with Gasteiger partial charge >= 0.3 is 0 Å². The molecule has 0 bridgehead atoms. The number of methoxy groups -OCH3 is 1. The minimum atomic E-state index is -0.0644. The van der Waals surface area contributed by atoms with Crippen LogP contribution in [0.2, 0.25) is 0 Å². The van der Waals surface area contributed by atoms with E-state index in [0.717, 1.165) is 38.4 Å². The van der Waals surface area contributed by atoms with Crippen LogP contribution in [0.25, 0.3) is 6.08 Å². The normalized spacial score (nSPS) is 11.4. The van der Waals surface area contributed by atoms with Gasteiger partial charge in [-0.2, -0.15) is 10.2 Å². The predicted molar refractivity (Wildman–Crippen MR) is 113 cm³/mol. The Labute approximate surface area is 172 Å². The number of allylic oxidation sites excluding steroid dienone is 1. The number of benzene rings is 1. The molecule has 0 saturated heterocycles. The number of ether oxygens (including phenoxy) is 1. The van der Waals surface area contributed by atoms with Gasteiger partial charge in [-0.15, -0.1) is 0 Å². The first kappa shape index (κ1) is 20.1. The van der Waals surface area contributed by atoms with Crippen LogP contribution in [-0.4, -0.2) is 32.5 Å². The summed E-state index contributed by atoms with van der Waals surface area (Å²) < 4.78 is 10.1. The van der Waals surface area contributed by atoms with Crippen molar-refractivity contribution in [2.45, 2.75) is 27.3 Å². The van der Waals surface area contributed by atoms with Crippen molar-refractivity contribution in [1.29, 1.82) is 0 Å². The molecule has 3 rings (SSSR count). The molecule has 2 heterocycles. The molecule has 0 radical (unpaired) electrons. The van der Waals surface area contributed by atoms with Crippen molar-refractivity contribution in [1.82, 2.24) is 19.6 Å². The summed E-state index contributed by atoms with van der Waals surface area (Å²) in [6.45, 7) is 6.41. The Morgan fingerprint density at radius 1 is 1.21 bits per heavy atom. The average molecular weight is 443 g/mol. The fourth-order valence-corrected chi connectivity index (χ4v) is 3.40. The van der Waals surface area contributed by atoms with E-state index in [4.69, 9.17) is 4.74 Å². The number of nitrogens with zero attached hydrogens (tertiary/aromatic N) is 4. The summed E-state index contributed by atoms with van der Waals surface area (Å²) in [6, 6.07) is 5.86. The van der Waals surface area contributed by atoms with E-state index in [1.165, 1.54) is 0 Å². The SMILES string of the molecule is COc1ccc(/C=C/C(=O)c2cn(C)nc2C)cc1Cn1nc(C)c(Br)c1C. The van der Waals surface area contributed by atoms with Crippen LogP contribution < -0.4 is 4.74 Å². The van der Waals surface area contributed by atoms with Gasteiger partial charge in [-0.25, -0.2) is 0 Å². The molecular formula is C21H23BrN4O2. The van der Waals surface area contributed by atoms with E-state index < -0.39 is 0 Å². The van der Waals surface area contributed by atoms with Gasteiger partial charge in [-0.3, -0.25) is 14.2 Å². The first-order chi connectivity index (χ1) is 13.3. The van der Waals surface area contributed by atoms with Gasteiger partial charge in [-0.1, -0.05) is 12.1 Å². The van der Waals surface area contributed by atoms with Crippen LogP contribution in [0.15, 0.2) is 34.9 Å². The van der Waals surface area contributed by atoms with E-state index >= 15 is 0 Å². The largest absolute Gasteiger partial charge is 0.496 e. The number of ketones is 1. The lowest BCUT2D eigenvalue weighted by molar-refractivity contribution is 0.104. The van der Waals surface area contributed by atoms with Crippen LogP contribution in [0.3, 0.4) is 0 Å². The fraction of sp³-hybridized carbons (Fsp3) is 0.286. The zero-order chi connectivity index (χ0) is 20.4. The number of aromatic nitrogens is 4. The third-order valence-corrected chi connectivity index (χ3v) is 5.77. The van der Waals surface area contributed by atoms with Crippen LogP contribution in [0.5, 0.6) is 5.75 Å². The van der Waals surface area contributed by atoms with Gasteiger partial charge in [-0.05, 0) is 60.5 Å². The zero-order valence-corrected chi connectivity index (χ0v) is 18.2. The standard InChI is InChI=1S/C21H23BrN4O2/c1-13-18(12-25(4)23-13)19(27)8-6-16-7-9-20(28-5)17(10-16)11-26-15(3)21(22)14(2)24-26/h6-10,12H,11H2,1-5H3/b8-6+. The predicted octanol–water partition coefficient (Wildman–Crippen LogP) is 4.26. The second kappa shape index (κ2) is 8.14. The van der Waals surface area contributed by atoms with Gasteiger partial charge in [0.15, 0.2) is 5.78 Å². The summed E-state index contributed by atoms with van der Waals surface area (Å²) in [6.07, 6.45) is 5.13. The Hall–Kier alpha value is -2.67. The van der Waals surface area contributed by atoms with Gasteiger partial charge in [0.25, 0.3) is 0 Å². The van der Waals surface area contributed by atoms with E-state index in [1.54, 1.807) is 31.1 Å². The lowest BCUT2D eigenvalue weighted by atomic mass is 10.1. The number of hydrogen-bond donors (Lipinski definition) is 0. The number of halogens is 1. The Balaban J connectivity index is 1.87. The number of hydrogen-bond acceptors (Lipinski definition) is 4. The quantitative estimate of drug-likeness (QED) is 0.422. The van der Waals surface area contributed by atoms with Gasteiger partial charge in [0.2, 0.25) is 0 Å². The molecular weight excluding hydrogens is 420 g/mol. The third kappa shape index (κ3) is 4.09. The van der Waals surface area contributed by atoms with E-state index in [9.17, 15) is 4.79 Å². The van der Waals surface area contributed by atoms with Crippen LogP contribution in [0, 0.1) is 20.8 Å². The van der Waals surface area contributed by atoms with Gasteiger partial charge < -0.3 is 4.74 Å². The smallest absolute Gasteiger partial charge is 0.189 e. The summed E-state index contributed by atoms with van der Waals surface area (Å²) in [7, 11) is 3.46. The molecule has 0 aliphatic rings. The molecule has 0 aliphatic carbocycles. The number of rotatable bonds is 6. The summed E-state index contributed by atoms with van der Waals surface area (Å²) in [5.74, 6) is 0.723. The molecule has 0 spiro atoms. The van der Waals surface area contributed by atoms with Crippen molar-refractivity contribution in [3.63, 3.8) is 0 Å². The van der Waals surface area contributed by atoms with Crippen LogP contribution in [-0.2, 0) is 13.6 Å². The fourth-order valence-electron chi connectivity index (χ4n) is 3.12. The topological polar surface area (TPSA) is 61.9 Å². The second-order valence-corrected chi connectivity index (χ2v) is 7.51. The summed E-state index contributed by atoms with van der Waals surface area (Å²) in [5.41, 5.74) is 5.26. The highest BCUT2D eigenvalue weighted by Crippen LogP contribution is 2.25. The first-order valence-electron chi connectivity index (χ1n) is 8.89. The molecule has 6 nitrogen and oxygen atoms in total. The third-order valence-electron chi connectivity index (χ3n) is 4.62. The van der Waals surface area contributed by atoms with Gasteiger partial charge in [0, 0.05) is 18.8 Å². The molecule has 0 N–H and O–H groups in total. The highest BCUT2D eigenvalue weighted by molar-refractivity contribution is 9.10. The maximum absolute atomic E-state index is 12.5. The number of carbonyl (C=O) groups is 1. The molecule has 1 aromatic carbocycles. The van der Waals surface area contributed by atoms with Crippen molar-refractivity contribution >= 4 is 27.8 Å². The molecule has 0 saturated carbocycles. The van der Waals surface area contributed by atoms with Crippen molar-refractivity contribution < 1.29 is 9.53 Å². The average Bonchev–Trinajstić information content (AvgIpc) is 3.13. The molecule has 146 valence electrons. The van der Waals surface area contributed by atoms with Crippen LogP contribution in [0.4, 0.5) is 0 Å². The molecule has 0 fully saturated rings. The van der Waals surface area contributed by atoms with E-state index in [-0.39, 0.29) is 5.78 Å². The van der Waals surface area contributed by atoms with Crippen molar-refractivity contribution in [3.05, 3.63) is 68.7 Å². The molecule has 7 heteroatoms. The van der Waals surface area contributed by atoms with E-state index in [0.29, 0.717) is 12.1 Å². The summed E-state index contributed by atoms with van der Waals surface area (Å²) >= 11 is 3.56. The molecule has 3 aromatic rings. The lowest BCUT2D eigenvalue weighted by Gasteiger charge is -2.11. The molecule has 2 aromatic heterocycles. The highest BCUT2D eigenvalue weighted by Gasteiger charge is 2.12. The van der Waals surface area contributed by atoms with Crippen molar-refractivity contribution in [2.24, 2.45) is 7.05 Å². The Bertz CT molecular complexity index is 1060. The Kier molecular flexibility index (Phi) is 5.84. The molecule has 0 atom stereocenters. The number of aryl methyl sites for hydroxylation is 3. The minimum Gasteiger partial charge on any atom is -0.496 e. The minimum absolute atomic E-state index is 0.0644. The van der Waals surface area contributed by atoms with Gasteiger partial charge in [0.05, 0.1) is 40.8 Å². The Morgan fingerprint density at radius 3 is 2.54 bits per heavy atom. The Morgan fingerprint density at radius 2 is 1.96 bits per heavy atom. The highest BCUT2D eigenvalue weighted by atomic mass is 79.9. The maximum atomic E-state index is 12.5. The molecule has 28 heavy (non-hydrogen) atoms. The number of carbonyl (C=O) groups excluding carboxylic acids is 1. The summed E-state index contributed by atoms with van der Waals surface area (Å²) in [4.78, 5) is 12.5. The molecule has 0 amide bonds. The monoisotopic (exact) mass is 442 g/mol. The van der Waals surface area contributed by atoms with Crippen LogP contribution in [0.1, 0.15) is 38.6 Å². The first-order valence-corrected chi connectivity index (χ1v) is 9.68. The van der Waals surface area contributed by atoms with Crippen molar-refractivity contribution in [3.8, 4) is 5.75 Å². The van der Waals surface area contributed by atoms with E-state index in [2.05, 4.69) is 26.1 Å². The second-order valence-electron chi connectivity index (χ2n) is 6.71. The molecule has 0 unspecified atom stereocenters. The molecule has 0 aliphatic heterocycles. The van der Waals surface area contributed by atoms with Crippen molar-refractivity contribution in [2.75, 3.05) is 7.11 Å². The maximum Gasteiger partial charge on any atom is 0.189 e.